The Morgan fingerprint density at radius 3 is 2.33 bits per heavy atom. The average molecular weight is 410 g/mol. The summed E-state index contributed by atoms with van der Waals surface area (Å²) in [7, 11) is -1.51. The summed E-state index contributed by atoms with van der Waals surface area (Å²) in [6.07, 6.45) is 0. The zero-order valence-electron chi connectivity index (χ0n) is 13.4. The number of hydrogen-bond donors (Lipinski definition) is 1. The largest absolute Gasteiger partial charge is 0.367 e. The first-order chi connectivity index (χ1) is 11.5. The SMILES string of the molecule is CN1CCN(c2ccc(Br)cc2NS(=O)(=O)c2ccccc2)CC1. The number of halogens is 1. The number of anilines is 2. The van der Waals surface area contributed by atoms with Gasteiger partial charge < -0.3 is 9.80 Å². The number of likely N-dealkylation sites (N-methyl/N-ethyl adjacent to an activating group) is 1. The molecule has 1 heterocycles. The van der Waals surface area contributed by atoms with Crippen LogP contribution in [0.3, 0.4) is 0 Å². The molecule has 0 radical (unpaired) electrons. The molecule has 3 rings (SSSR count). The molecule has 24 heavy (non-hydrogen) atoms. The summed E-state index contributed by atoms with van der Waals surface area (Å²) >= 11 is 3.43. The Balaban J connectivity index is 1.91. The fraction of sp³-hybridized carbons (Fsp3) is 0.294. The second kappa shape index (κ2) is 7.13. The van der Waals surface area contributed by atoms with E-state index in [0.717, 1.165) is 36.3 Å². The van der Waals surface area contributed by atoms with Crippen molar-refractivity contribution in [3.8, 4) is 0 Å². The Kier molecular flexibility index (Phi) is 5.12. The number of nitrogens with one attached hydrogen (secondary N) is 1. The van der Waals surface area contributed by atoms with Gasteiger partial charge in [-0.15, -0.1) is 0 Å². The molecule has 1 aliphatic rings. The van der Waals surface area contributed by atoms with Crippen molar-refractivity contribution in [3.05, 3.63) is 53.0 Å². The summed E-state index contributed by atoms with van der Waals surface area (Å²) < 4.78 is 28.9. The number of sulfonamides is 1. The van der Waals surface area contributed by atoms with E-state index in [1.54, 1.807) is 30.3 Å². The van der Waals surface area contributed by atoms with E-state index in [4.69, 9.17) is 0 Å². The van der Waals surface area contributed by atoms with Crippen molar-refractivity contribution in [1.82, 2.24) is 4.90 Å². The van der Waals surface area contributed by atoms with Gasteiger partial charge >= 0.3 is 0 Å². The standard InChI is InChI=1S/C17H20BrN3O2S/c1-20-9-11-21(12-10-20)17-8-7-14(18)13-16(17)19-24(22,23)15-5-3-2-4-6-15/h2-8,13,19H,9-12H2,1H3. The van der Waals surface area contributed by atoms with E-state index in [1.807, 2.05) is 18.2 Å². The van der Waals surface area contributed by atoms with Gasteiger partial charge in [0.05, 0.1) is 16.3 Å². The molecule has 0 aliphatic carbocycles. The van der Waals surface area contributed by atoms with Gasteiger partial charge in [0.25, 0.3) is 10.0 Å². The molecule has 0 amide bonds. The first-order valence-electron chi connectivity index (χ1n) is 7.77. The van der Waals surface area contributed by atoms with Gasteiger partial charge in [0, 0.05) is 30.7 Å². The van der Waals surface area contributed by atoms with Gasteiger partial charge in [0.2, 0.25) is 0 Å². The monoisotopic (exact) mass is 409 g/mol. The topological polar surface area (TPSA) is 52.6 Å². The molecule has 1 saturated heterocycles. The molecule has 0 unspecified atom stereocenters. The molecule has 2 aromatic rings. The lowest BCUT2D eigenvalue weighted by molar-refractivity contribution is 0.313. The van der Waals surface area contributed by atoms with Gasteiger partial charge in [-0.05, 0) is 37.4 Å². The zero-order chi connectivity index (χ0) is 17.2. The lowest BCUT2D eigenvalue weighted by Gasteiger charge is -2.35. The fourth-order valence-electron chi connectivity index (χ4n) is 2.72. The van der Waals surface area contributed by atoms with E-state index >= 15 is 0 Å². The van der Waals surface area contributed by atoms with Crippen LogP contribution < -0.4 is 9.62 Å². The first-order valence-corrected chi connectivity index (χ1v) is 10.0. The van der Waals surface area contributed by atoms with Crippen molar-refractivity contribution in [1.29, 1.82) is 0 Å². The predicted octanol–water partition coefficient (Wildman–Crippen LogP) is 3.00. The molecule has 1 N–H and O–H groups in total. The molecule has 0 bridgehead atoms. The highest BCUT2D eigenvalue weighted by Gasteiger charge is 2.21. The van der Waals surface area contributed by atoms with Crippen molar-refractivity contribution in [2.75, 3.05) is 42.8 Å². The van der Waals surface area contributed by atoms with E-state index in [1.165, 1.54) is 0 Å². The molecule has 2 aromatic carbocycles. The van der Waals surface area contributed by atoms with Crippen LogP contribution in [0.15, 0.2) is 57.9 Å². The Morgan fingerprint density at radius 2 is 1.67 bits per heavy atom. The van der Waals surface area contributed by atoms with Crippen LogP contribution in [-0.4, -0.2) is 46.5 Å². The minimum absolute atomic E-state index is 0.259. The second-order valence-electron chi connectivity index (χ2n) is 5.87. The maximum atomic E-state index is 12.6. The van der Waals surface area contributed by atoms with Crippen LogP contribution in [0, 0.1) is 0 Å². The van der Waals surface area contributed by atoms with E-state index in [2.05, 4.69) is 37.5 Å². The molecule has 0 atom stereocenters. The van der Waals surface area contributed by atoms with Gasteiger partial charge in [0.15, 0.2) is 0 Å². The molecule has 7 heteroatoms. The van der Waals surface area contributed by atoms with Crippen LogP contribution in [0.25, 0.3) is 0 Å². The van der Waals surface area contributed by atoms with Gasteiger partial charge in [-0.2, -0.15) is 0 Å². The Morgan fingerprint density at radius 1 is 1.00 bits per heavy atom. The van der Waals surface area contributed by atoms with Crippen molar-refractivity contribution < 1.29 is 8.42 Å². The minimum atomic E-state index is -3.61. The van der Waals surface area contributed by atoms with Crippen LogP contribution in [0.2, 0.25) is 0 Å². The summed E-state index contributed by atoms with van der Waals surface area (Å²) in [5.41, 5.74) is 1.50. The maximum Gasteiger partial charge on any atom is 0.261 e. The summed E-state index contributed by atoms with van der Waals surface area (Å²) in [4.78, 5) is 4.74. The third-order valence-electron chi connectivity index (χ3n) is 4.10. The van der Waals surface area contributed by atoms with Gasteiger partial charge in [-0.3, -0.25) is 4.72 Å². The molecular weight excluding hydrogens is 390 g/mol. The predicted molar refractivity (Wildman–Crippen MR) is 101 cm³/mol. The Bertz CT molecular complexity index is 804. The second-order valence-corrected chi connectivity index (χ2v) is 8.47. The third-order valence-corrected chi connectivity index (χ3v) is 5.98. The molecular formula is C17H20BrN3O2S. The maximum absolute atomic E-state index is 12.6. The fourth-order valence-corrected chi connectivity index (χ4v) is 4.16. The lowest BCUT2D eigenvalue weighted by atomic mass is 10.2. The molecule has 1 fully saturated rings. The van der Waals surface area contributed by atoms with Crippen molar-refractivity contribution in [3.63, 3.8) is 0 Å². The summed E-state index contributed by atoms with van der Waals surface area (Å²) in [5.74, 6) is 0. The number of nitrogens with zero attached hydrogens (tertiary/aromatic N) is 2. The van der Waals surface area contributed by atoms with E-state index < -0.39 is 10.0 Å². The highest BCUT2D eigenvalue weighted by molar-refractivity contribution is 9.10. The highest BCUT2D eigenvalue weighted by Crippen LogP contribution is 2.31. The Hall–Kier alpha value is -1.57. The van der Waals surface area contributed by atoms with Crippen LogP contribution in [0.4, 0.5) is 11.4 Å². The molecule has 1 aliphatic heterocycles. The van der Waals surface area contributed by atoms with Crippen LogP contribution >= 0.6 is 15.9 Å². The van der Waals surface area contributed by atoms with Crippen molar-refractivity contribution in [2.24, 2.45) is 0 Å². The number of piperazine rings is 1. The quantitative estimate of drug-likeness (QED) is 0.842. The molecule has 128 valence electrons. The Labute approximate surface area is 151 Å². The van der Waals surface area contributed by atoms with Gasteiger partial charge in [-0.25, -0.2) is 8.42 Å². The van der Waals surface area contributed by atoms with Crippen molar-refractivity contribution in [2.45, 2.75) is 4.90 Å². The van der Waals surface area contributed by atoms with Crippen LogP contribution in [-0.2, 0) is 10.0 Å². The normalized spacial score (nSPS) is 16.2. The van der Waals surface area contributed by atoms with Gasteiger partial charge in [0.1, 0.15) is 0 Å². The lowest BCUT2D eigenvalue weighted by Crippen LogP contribution is -2.44. The van der Waals surface area contributed by atoms with E-state index in [0.29, 0.717) is 5.69 Å². The van der Waals surface area contributed by atoms with Crippen LogP contribution in [0.5, 0.6) is 0 Å². The summed E-state index contributed by atoms with van der Waals surface area (Å²) in [6, 6.07) is 14.1. The van der Waals surface area contributed by atoms with E-state index in [9.17, 15) is 8.42 Å². The minimum Gasteiger partial charge on any atom is -0.367 e. The average Bonchev–Trinajstić information content (AvgIpc) is 2.57. The molecule has 5 nitrogen and oxygen atoms in total. The third kappa shape index (κ3) is 3.91. The number of benzene rings is 2. The summed E-state index contributed by atoms with van der Waals surface area (Å²) in [6.45, 7) is 3.66. The summed E-state index contributed by atoms with van der Waals surface area (Å²) in [5, 5.41) is 0. The van der Waals surface area contributed by atoms with Gasteiger partial charge in [-0.1, -0.05) is 34.1 Å². The highest BCUT2D eigenvalue weighted by atomic mass is 79.9. The van der Waals surface area contributed by atoms with Crippen LogP contribution in [0.1, 0.15) is 0 Å². The smallest absolute Gasteiger partial charge is 0.261 e. The molecule has 0 aromatic heterocycles. The zero-order valence-corrected chi connectivity index (χ0v) is 15.8. The number of hydrogen-bond acceptors (Lipinski definition) is 4. The van der Waals surface area contributed by atoms with E-state index in [-0.39, 0.29) is 4.90 Å². The molecule has 0 spiro atoms. The first kappa shape index (κ1) is 17.3. The van der Waals surface area contributed by atoms with Crippen molar-refractivity contribution >= 4 is 37.3 Å². The number of rotatable bonds is 4. The molecule has 0 saturated carbocycles.